The fraction of sp³-hybridized carbons (Fsp3) is 0.208. The molecule has 32 heavy (non-hydrogen) atoms. The maximum atomic E-state index is 14.6. The Kier molecular flexibility index (Phi) is 5.80. The minimum Gasteiger partial charge on any atom is -0.381 e. The van der Waals surface area contributed by atoms with E-state index in [1.54, 1.807) is 12.3 Å². The number of nitrogens with zero attached hydrogens (tertiary/aromatic N) is 4. The Morgan fingerprint density at radius 1 is 1.03 bits per heavy atom. The highest BCUT2D eigenvalue weighted by molar-refractivity contribution is 7.64. The van der Waals surface area contributed by atoms with Gasteiger partial charge in [-0.15, -0.1) is 0 Å². The number of halogens is 1. The van der Waals surface area contributed by atoms with Crippen LogP contribution in [-0.2, 0) is 5.54 Å². The lowest BCUT2D eigenvalue weighted by molar-refractivity contribution is 0.486. The number of hydrazine groups is 1. The molecule has 0 atom stereocenters. The zero-order valence-corrected chi connectivity index (χ0v) is 19.4. The Morgan fingerprint density at radius 2 is 1.81 bits per heavy atom. The molecule has 0 aliphatic carbocycles. The molecular weight excluding hydrogens is 422 g/mol. The van der Waals surface area contributed by atoms with Gasteiger partial charge in [-0.05, 0) is 57.0 Å². The molecule has 4 aromatic rings. The zero-order chi connectivity index (χ0) is 23.0. The van der Waals surface area contributed by atoms with Gasteiger partial charge in [-0.2, -0.15) is 0 Å². The molecule has 0 spiro atoms. The number of nitrogen functional groups attached to an aromatic ring is 1. The molecule has 0 fully saturated rings. The maximum Gasteiger partial charge on any atom is 0.187 e. The average Bonchev–Trinajstić information content (AvgIpc) is 2.78. The first-order chi connectivity index (χ1) is 15.2. The highest BCUT2D eigenvalue weighted by atomic mass is 31.1. The van der Waals surface area contributed by atoms with Crippen LogP contribution in [0.3, 0.4) is 0 Å². The van der Waals surface area contributed by atoms with Crippen LogP contribution in [0.1, 0.15) is 19.4 Å². The smallest absolute Gasteiger partial charge is 0.187 e. The van der Waals surface area contributed by atoms with E-state index in [4.69, 9.17) is 11.6 Å². The maximum absolute atomic E-state index is 14.6. The molecule has 0 saturated heterocycles. The lowest BCUT2D eigenvalue weighted by Gasteiger charge is -2.36. The summed E-state index contributed by atoms with van der Waals surface area (Å²) >= 11 is 0. The summed E-state index contributed by atoms with van der Waals surface area (Å²) in [7, 11) is -0.537. The van der Waals surface area contributed by atoms with E-state index in [0.29, 0.717) is 17.1 Å². The van der Waals surface area contributed by atoms with Crippen molar-refractivity contribution in [1.29, 1.82) is 0 Å². The van der Waals surface area contributed by atoms with E-state index in [-0.39, 0.29) is 11.6 Å². The van der Waals surface area contributed by atoms with Crippen molar-refractivity contribution in [1.82, 2.24) is 15.0 Å². The zero-order valence-electron chi connectivity index (χ0n) is 18.5. The Morgan fingerprint density at radius 3 is 2.53 bits per heavy atom. The molecule has 4 rings (SSSR count). The first-order valence-corrected chi connectivity index (χ1v) is 12.4. The second kappa shape index (κ2) is 8.41. The SMILES string of the molecule is CP(C)c1ccc(-c2cnc(N)c(N(N)C(C)(C)c3ccc4ncccc4c3)n2)cc1F. The van der Waals surface area contributed by atoms with Crippen molar-refractivity contribution in [3.8, 4) is 11.3 Å². The molecule has 2 heterocycles. The molecular formula is C24H26FN6P. The second-order valence-electron chi connectivity index (χ2n) is 8.36. The number of anilines is 2. The van der Waals surface area contributed by atoms with Crippen molar-refractivity contribution in [3.05, 3.63) is 72.3 Å². The monoisotopic (exact) mass is 448 g/mol. The standard InChI is InChI=1S/C24H26FN6P/c1-24(2,17-8-9-19-15(12-17)6-5-11-28-19)31(27)23-22(26)29-14-20(30-23)16-7-10-21(32(3)4)18(25)13-16/h5-14H,27H2,1-4H3,(H2,26,29). The van der Waals surface area contributed by atoms with E-state index in [2.05, 4.69) is 21.0 Å². The van der Waals surface area contributed by atoms with Gasteiger partial charge in [0.1, 0.15) is 5.82 Å². The number of rotatable bonds is 5. The van der Waals surface area contributed by atoms with Gasteiger partial charge in [-0.25, -0.2) is 20.2 Å². The van der Waals surface area contributed by atoms with Crippen LogP contribution in [0.2, 0.25) is 0 Å². The van der Waals surface area contributed by atoms with Gasteiger partial charge in [-0.1, -0.05) is 32.2 Å². The summed E-state index contributed by atoms with van der Waals surface area (Å²) in [6, 6.07) is 15.1. The van der Waals surface area contributed by atoms with Crippen LogP contribution in [0.25, 0.3) is 22.2 Å². The number of pyridine rings is 1. The van der Waals surface area contributed by atoms with Gasteiger partial charge in [-0.3, -0.25) is 9.99 Å². The summed E-state index contributed by atoms with van der Waals surface area (Å²) in [6.45, 7) is 8.01. The second-order valence-corrected chi connectivity index (χ2v) is 10.6. The summed E-state index contributed by atoms with van der Waals surface area (Å²) in [5.74, 6) is 6.85. The molecule has 164 valence electrons. The molecule has 0 saturated carbocycles. The van der Waals surface area contributed by atoms with Crippen LogP contribution in [0.15, 0.2) is 60.9 Å². The molecule has 0 radical (unpaired) electrons. The van der Waals surface area contributed by atoms with Crippen LogP contribution >= 0.6 is 7.92 Å². The summed E-state index contributed by atoms with van der Waals surface area (Å²) in [5, 5.41) is 3.25. The fourth-order valence-electron chi connectivity index (χ4n) is 3.59. The van der Waals surface area contributed by atoms with Crippen molar-refractivity contribution < 1.29 is 4.39 Å². The Bertz CT molecular complexity index is 1290. The van der Waals surface area contributed by atoms with Gasteiger partial charge in [0.05, 0.1) is 22.9 Å². The molecule has 0 amide bonds. The van der Waals surface area contributed by atoms with Crippen LogP contribution in [-0.4, -0.2) is 28.3 Å². The lowest BCUT2D eigenvalue weighted by atomic mass is 9.92. The Balaban J connectivity index is 1.73. The minimum atomic E-state index is -0.652. The van der Waals surface area contributed by atoms with Crippen molar-refractivity contribution in [2.75, 3.05) is 24.1 Å². The van der Waals surface area contributed by atoms with Crippen LogP contribution < -0.4 is 21.9 Å². The number of hydrogen-bond acceptors (Lipinski definition) is 6. The average molecular weight is 448 g/mol. The first kappa shape index (κ1) is 22.1. The fourth-order valence-corrected chi connectivity index (χ4v) is 4.46. The predicted molar refractivity (Wildman–Crippen MR) is 132 cm³/mol. The van der Waals surface area contributed by atoms with E-state index < -0.39 is 13.5 Å². The molecule has 0 aliphatic heterocycles. The summed E-state index contributed by atoms with van der Waals surface area (Å²) in [5.41, 5.74) is 8.51. The number of hydrogen-bond donors (Lipinski definition) is 2. The van der Waals surface area contributed by atoms with Crippen LogP contribution in [0.5, 0.6) is 0 Å². The molecule has 8 heteroatoms. The van der Waals surface area contributed by atoms with Crippen molar-refractivity contribution in [2.24, 2.45) is 5.84 Å². The van der Waals surface area contributed by atoms with E-state index in [0.717, 1.165) is 21.8 Å². The van der Waals surface area contributed by atoms with E-state index in [1.165, 1.54) is 17.3 Å². The third-order valence-corrected chi connectivity index (χ3v) is 6.97. The summed E-state index contributed by atoms with van der Waals surface area (Å²) < 4.78 is 14.6. The van der Waals surface area contributed by atoms with Crippen molar-refractivity contribution in [2.45, 2.75) is 19.4 Å². The molecule has 2 aromatic carbocycles. The molecule has 2 aromatic heterocycles. The van der Waals surface area contributed by atoms with Gasteiger partial charge in [0.2, 0.25) is 0 Å². The number of benzene rings is 2. The molecule has 0 unspecified atom stereocenters. The Hall–Kier alpha value is -3.15. The Labute approximate surface area is 188 Å². The highest BCUT2D eigenvalue weighted by Crippen LogP contribution is 2.34. The number of aromatic nitrogens is 3. The minimum absolute atomic E-state index is 0.203. The van der Waals surface area contributed by atoms with E-state index in [9.17, 15) is 4.39 Å². The normalized spacial score (nSPS) is 11.8. The lowest BCUT2D eigenvalue weighted by Crippen LogP contribution is -2.47. The number of nitrogens with two attached hydrogens (primary N) is 2. The molecule has 0 bridgehead atoms. The van der Waals surface area contributed by atoms with Gasteiger partial charge in [0, 0.05) is 22.5 Å². The van der Waals surface area contributed by atoms with Crippen LogP contribution in [0.4, 0.5) is 16.0 Å². The van der Waals surface area contributed by atoms with Gasteiger partial charge in [0.15, 0.2) is 11.6 Å². The van der Waals surface area contributed by atoms with Gasteiger partial charge in [0.25, 0.3) is 0 Å². The first-order valence-electron chi connectivity index (χ1n) is 10.2. The van der Waals surface area contributed by atoms with E-state index >= 15 is 0 Å². The highest BCUT2D eigenvalue weighted by Gasteiger charge is 2.30. The van der Waals surface area contributed by atoms with Gasteiger partial charge >= 0.3 is 0 Å². The number of fused-ring (bicyclic) bond motifs is 1. The third-order valence-electron chi connectivity index (χ3n) is 5.65. The topological polar surface area (TPSA) is 94.0 Å². The third kappa shape index (κ3) is 4.01. The summed E-state index contributed by atoms with van der Waals surface area (Å²) in [6.07, 6.45) is 3.30. The van der Waals surface area contributed by atoms with Crippen molar-refractivity contribution >= 4 is 35.8 Å². The summed E-state index contributed by atoms with van der Waals surface area (Å²) in [4.78, 5) is 13.3. The molecule has 4 N–H and O–H groups in total. The van der Waals surface area contributed by atoms with E-state index in [1.807, 2.05) is 57.5 Å². The predicted octanol–water partition coefficient (Wildman–Crippen LogP) is 4.40. The van der Waals surface area contributed by atoms with Crippen molar-refractivity contribution in [3.63, 3.8) is 0 Å². The molecule has 6 nitrogen and oxygen atoms in total. The molecule has 0 aliphatic rings. The largest absolute Gasteiger partial charge is 0.381 e. The van der Waals surface area contributed by atoms with Crippen LogP contribution in [0, 0.1) is 5.82 Å². The van der Waals surface area contributed by atoms with Gasteiger partial charge < -0.3 is 5.73 Å². The quantitative estimate of drug-likeness (QED) is 0.267.